The lowest BCUT2D eigenvalue weighted by atomic mass is 9.82. The summed E-state index contributed by atoms with van der Waals surface area (Å²) in [5, 5.41) is 0. The molecule has 0 aromatic heterocycles. The number of carbonyl (C=O) groups is 2. The molecule has 0 spiro atoms. The van der Waals surface area contributed by atoms with Crippen molar-refractivity contribution in [3.63, 3.8) is 0 Å². The van der Waals surface area contributed by atoms with Gasteiger partial charge in [-0.05, 0) is 46.0 Å². The summed E-state index contributed by atoms with van der Waals surface area (Å²) >= 11 is 0. The van der Waals surface area contributed by atoms with Gasteiger partial charge in [0, 0.05) is 0 Å². The lowest BCUT2D eigenvalue weighted by Gasteiger charge is -2.26. The Bertz CT molecular complexity index is 411. The molecule has 1 rings (SSSR count). The van der Waals surface area contributed by atoms with E-state index >= 15 is 0 Å². The molecule has 0 radical (unpaired) electrons. The van der Waals surface area contributed by atoms with Crippen LogP contribution in [0, 0.1) is 11.8 Å². The van der Waals surface area contributed by atoms with Gasteiger partial charge in [0.25, 0.3) is 0 Å². The normalized spacial score (nSPS) is 19.6. The molecule has 0 N–H and O–H groups in total. The molecule has 1 aliphatic rings. The van der Waals surface area contributed by atoms with Crippen LogP contribution in [0.1, 0.15) is 117 Å². The first-order valence-electron chi connectivity index (χ1n) is 11.9. The van der Waals surface area contributed by atoms with E-state index in [9.17, 15) is 9.59 Å². The summed E-state index contributed by atoms with van der Waals surface area (Å²) in [4.78, 5) is 24.1. The minimum absolute atomic E-state index is 0.0317. The summed E-state index contributed by atoms with van der Waals surface area (Å²) in [6.45, 7) is 6.55. The molecule has 1 aliphatic carbocycles. The van der Waals surface area contributed by atoms with Gasteiger partial charge in [0.2, 0.25) is 0 Å². The van der Waals surface area contributed by atoms with Crippen molar-refractivity contribution in [1.82, 2.24) is 0 Å². The van der Waals surface area contributed by atoms with Crippen molar-refractivity contribution in [1.29, 1.82) is 0 Å². The molecule has 0 heterocycles. The quantitative estimate of drug-likeness (QED) is 0.231. The second kappa shape index (κ2) is 15.8. The molecule has 0 unspecified atom stereocenters. The smallest absolute Gasteiger partial charge is 0.309 e. The van der Waals surface area contributed by atoms with Gasteiger partial charge >= 0.3 is 11.9 Å². The number of hydrogen-bond donors (Lipinski definition) is 0. The summed E-state index contributed by atoms with van der Waals surface area (Å²) in [6, 6.07) is 0. The largest absolute Gasteiger partial charge is 0.465 e. The SMILES string of the molecule is CCCCCCCCCCCCCOC(=O)C1CCC(C(=O)OC(C)C)CC1. The van der Waals surface area contributed by atoms with Gasteiger partial charge in [-0.15, -0.1) is 0 Å². The van der Waals surface area contributed by atoms with Crippen molar-refractivity contribution in [2.75, 3.05) is 6.61 Å². The monoisotopic (exact) mass is 396 g/mol. The Labute approximate surface area is 173 Å². The van der Waals surface area contributed by atoms with Crippen molar-refractivity contribution in [3.8, 4) is 0 Å². The van der Waals surface area contributed by atoms with E-state index in [1.807, 2.05) is 13.8 Å². The fourth-order valence-corrected chi connectivity index (χ4v) is 3.95. The van der Waals surface area contributed by atoms with E-state index < -0.39 is 0 Å². The highest BCUT2D eigenvalue weighted by molar-refractivity contribution is 5.75. The molecule has 1 fully saturated rings. The maximum atomic E-state index is 12.2. The Morgan fingerprint density at radius 3 is 1.61 bits per heavy atom. The molecule has 0 aromatic carbocycles. The molecule has 0 atom stereocenters. The lowest BCUT2D eigenvalue weighted by Crippen LogP contribution is -2.29. The van der Waals surface area contributed by atoms with Crippen LogP contribution in [-0.4, -0.2) is 24.6 Å². The number of ether oxygens (including phenoxy) is 2. The third-order valence-electron chi connectivity index (χ3n) is 5.74. The second-order valence-electron chi connectivity index (χ2n) is 8.74. The van der Waals surface area contributed by atoms with Gasteiger partial charge < -0.3 is 9.47 Å². The van der Waals surface area contributed by atoms with Crippen LogP contribution in [0.3, 0.4) is 0 Å². The van der Waals surface area contributed by atoms with Gasteiger partial charge in [-0.3, -0.25) is 9.59 Å². The number of hydrogen-bond acceptors (Lipinski definition) is 4. The fraction of sp³-hybridized carbons (Fsp3) is 0.917. The lowest BCUT2D eigenvalue weighted by molar-refractivity contribution is -0.157. The third kappa shape index (κ3) is 11.7. The van der Waals surface area contributed by atoms with E-state index in [-0.39, 0.29) is 29.9 Å². The molecule has 0 aromatic rings. The van der Waals surface area contributed by atoms with Crippen LogP contribution in [0.2, 0.25) is 0 Å². The first-order valence-corrected chi connectivity index (χ1v) is 11.9. The van der Waals surface area contributed by atoms with E-state index in [0.717, 1.165) is 38.5 Å². The van der Waals surface area contributed by atoms with Gasteiger partial charge in [-0.2, -0.15) is 0 Å². The van der Waals surface area contributed by atoms with Gasteiger partial charge in [0.05, 0.1) is 24.5 Å². The standard InChI is InChI=1S/C24H44O4/c1-4-5-6-7-8-9-10-11-12-13-14-19-27-23(25)21-15-17-22(18-16-21)24(26)28-20(2)3/h20-22H,4-19H2,1-3H3. The maximum Gasteiger partial charge on any atom is 0.309 e. The highest BCUT2D eigenvalue weighted by Crippen LogP contribution is 2.30. The first kappa shape index (κ1) is 25.0. The van der Waals surface area contributed by atoms with Crippen LogP contribution < -0.4 is 0 Å². The van der Waals surface area contributed by atoms with E-state index in [4.69, 9.17) is 9.47 Å². The summed E-state index contributed by atoms with van der Waals surface area (Å²) in [6.07, 6.45) is 17.1. The average molecular weight is 397 g/mol. The third-order valence-corrected chi connectivity index (χ3v) is 5.74. The van der Waals surface area contributed by atoms with Crippen LogP contribution in [0.5, 0.6) is 0 Å². The van der Waals surface area contributed by atoms with Gasteiger partial charge in [0.1, 0.15) is 0 Å². The highest BCUT2D eigenvalue weighted by Gasteiger charge is 2.31. The second-order valence-corrected chi connectivity index (χ2v) is 8.74. The van der Waals surface area contributed by atoms with E-state index in [1.54, 1.807) is 0 Å². The molecule has 28 heavy (non-hydrogen) atoms. The Hall–Kier alpha value is -1.06. The zero-order valence-corrected chi connectivity index (χ0v) is 18.7. The Morgan fingerprint density at radius 2 is 1.14 bits per heavy atom. The average Bonchev–Trinajstić information content (AvgIpc) is 2.68. The number of esters is 2. The van der Waals surface area contributed by atoms with Gasteiger partial charge in [-0.25, -0.2) is 0 Å². The molecular weight excluding hydrogens is 352 g/mol. The van der Waals surface area contributed by atoms with Crippen LogP contribution >= 0.6 is 0 Å². The molecule has 164 valence electrons. The van der Waals surface area contributed by atoms with E-state index in [0.29, 0.717) is 6.61 Å². The predicted molar refractivity (Wildman–Crippen MR) is 114 cm³/mol. The fourth-order valence-electron chi connectivity index (χ4n) is 3.95. The molecule has 4 nitrogen and oxygen atoms in total. The van der Waals surface area contributed by atoms with Crippen LogP contribution in [0.4, 0.5) is 0 Å². The summed E-state index contributed by atoms with van der Waals surface area (Å²) in [5.41, 5.74) is 0. The van der Waals surface area contributed by atoms with Crippen molar-refractivity contribution >= 4 is 11.9 Å². The number of unbranched alkanes of at least 4 members (excludes halogenated alkanes) is 10. The van der Waals surface area contributed by atoms with E-state index in [2.05, 4.69) is 6.92 Å². The van der Waals surface area contributed by atoms with Crippen molar-refractivity contribution in [3.05, 3.63) is 0 Å². The first-order chi connectivity index (χ1) is 13.5. The molecule has 4 heteroatoms. The van der Waals surface area contributed by atoms with E-state index in [1.165, 1.54) is 57.8 Å². The maximum absolute atomic E-state index is 12.2. The Balaban J connectivity index is 1.95. The van der Waals surface area contributed by atoms with Crippen LogP contribution in [0.25, 0.3) is 0 Å². The van der Waals surface area contributed by atoms with Crippen molar-refractivity contribution < 1.29 is 19.1 Å². The predicted octanol–water partition coefficient (Wildman–Crippen LogP) is 6.60. The molecule has 1 saturated carbocycles. The van der Waals surface area contributed by atoms with Gasteiger partial charge in [0.15, 0.2) is 0 Å². The van der Waals surface area contributed by atoms with Crippen LogP contribution in [-0.2, 0) is 19.1 Å². The van der Waals surface area contributed by atoms with Crippen molar-refractivity contribution in [2.45, 2.75) is 123 Å². The van der Waals surface area contributed by atoms with Gasteiger partial charge in [-0.1, -0.05) is 71.1 Å². The number of rotatable bonds is 15. The highest BCUT2D eigenvalue weighted by atomic mass is 16.5. The Kier molecular flexibility index (Phi) is 14.1. The minimum Gasteiger partial charge on any atom is -0.465 e. The Morgan fingerprint density at radius 1 is 0.714 bits per heavy atom. The molecular formula is C24H44O4. The molecule has 0 saturated heterocycles. The zero-order chi connectivity index (χ0) is 20.6. The molecule has 0 amide bonds. The number of carbonyl (C=O) groups excluding carboxylic acids is 2. The summed E-state index contributed by atoms with van der Waals surface area (Å²) in [7, 11) is 0. The molecule has 0 bridgehead atoms. The molecule has 0 aliphatic heterocycles. The summed E-state index contributed by atoms with van der Waals surface area (Å²) in [5.74, 6) is -0.251. The zero-order valence-electron chi connectivity index (χ0n) is 18.7. The minimum atomic E-state index is -0.109. The summed E-state index contributed by atoms with van der Waals surface area (Å²) < 4.78 is 10.7. The topological polar surface area (TPSA) is 52.6 Å². The van der Waals surface area contributed by atoms with Crippen LogP contribution in [0.15, 0.2) is 0 Å². The van der Waals surface area contributed by atoms with Crippen molar-refractivity contribution in [2.24, 2.45) is 11.8 Å².